The summed E-state index contributed by atoms with van der Waals surface area (Å²) < 4.78 is 2.90. The van der Waals surface area contributed by atoms with Crippen LogP contribution in [0.4, 0.5) is 0 Å². The molecule has 8 heteroatoms. The zero-order valence-electron chi connectivity index (χ0n) is 16.4. The van der Waals surface area contributed by atoms with E-state index in [9.17, 15) is 14.4 Å². The van der Waals surface area contributed by atoms with Crippen LogP contribution in [0.15, 0.2) is 76.6 Å². The second-order valence-corrected chi connectivity index (χ2v) is 6.99. The second-order valence-electron chi connectivity index (χ2n) is 6.99. The van der Waals surface area contributed by atoms with Crippen LogP contribution >= 0.6 is 0 Å². The predicted molar refractivity (Wildman–Crippen MR) is 113 cm³/mol. The summed E-state index contributed by atoms with van der Waals surface area (Å²) >= 11 is 0. The minimum atomic E-state index is -0.532. The van der Waals surface area contributed by atoms with Gasteiger partial charge in [0.05, 0.1) is 10.9 Å². The Morgan fingerprint density at radius 3 is 2.57 bits per heavy atom. The second kappa shape index (κ2) is 8.20. The van der Waals surface area contributed by atoms with Gasteiger partial charge in [0.1, 0.15) is 11.9 Å². The largest absolute Gasteiger partial charge is 0.342 e. The average molecular weight is 403 g/mol. The molecule has 2 aromatic heterocycles. The molecule has 8 nitrogen and oxygen atoms in total. The molecule has 0 fully saturated rings. The highest BCUT2D eigenvalue weighted by Crippen LogP contribution is 2.20. The van der Waals surface area contributed by atoms with Crippen molar-refractivity contribution >= 4 is 16.8 Å². The Bertz CT molecular complexity index is 1300. The number of benzene rings is 2. The highest BCUT2D eigenvalue weighted by molar-refractivity contribution is 5.78. The molecule has 1 amide bonds. The Morgan fingerprint density at radius 2 is 1.83 bits per heavy atom. The molecule has 1 atom stereocenters. The number of aryl methyl sites for hydroxylation is 1. The number of para-hydroxylation sites is 1. The molecule has 0 saturated heterocycles. The van der Waals surface area contributed by atoms with E-state index in [0.717, 1.165) is 10.1 Å². The first-order chi connectivity index (χ1) is 14.5. The number of carbonyl (C=O) groups excluding carboxylic acids is 1. The van der Waals surface area contributed by atoms with Gasteiger partial charge in [-0.3, -0.25) is 14.2 Å². The van der Waals surface area contributed by atoms with E-state index in [4.69, 9.17) is 0 Å². The van der Waals surface area contributed by atoms with E-state index in [1.807, 2.05) is 48.1 Å². The van der Waals surface area contributed by atoms with Gasteiger partial charge in [-0.15, -0.1) is 0 Å². The highest BCUT2D eigenvalue weighted by Gasteiger charge is 2.20. The standard InChI is InChI=1S/C22H21N5O3/c1-26-14-12-23-20(26)19(15-7-3-2-4-8-15)25-18(28)11-13-27-21(29)16-9-5-6-10-17(16)24-22(27)30/h2-10,12,14,19H,11,13H2,1H3,(H,24,30)(H,25,28). The summed E-state index contributed by atoms with van der Waals surface area (Å²) in [5.41, 5.74) is 0.425. The van der Waals surface area contributed by atoms with E-state index in [1.54, 1.807) is 30.5 Å². The number of aromatic amines is 1. The van der Waals surface area contributed by atoms with Gasteiger partial charge in [-0.25, -0.2) is 9.78 Å². The first kappa shape index (κ1) is 19.4. The maximum Gasteiger partial charge on any atom is 0.328 e. The number of H-pyrrole nitrogens is 1. The van der Waals surface area contributed by atoms with Crippen molar-refractivity contribution in [3.05, 3.63) is 99.2 Å². The third-order valence-electron chi connectivity index (χ3n) is 5.01. The van der Waals surface area contributed by atoms with Crippen LogP contribution in [-0.2, 0) is 18.4 Å². The van der Waals surface area contributed by atoms with Crippen molar-refractivity contribution in [2.24, 2.45) is 7.05 Å². The van der Waals surface area contributed by atoms with Gasteiger partial charge in [0.15, 0.2) is 0 Å². The summed E-state index contributed by atoms with van der Waals surface area (Å²) in [6.07, 6.45) is 3.46. The summed E-state index contributed by atoms with van der Waals surface area (Å²) in [6, 6.07) is 15.9. The molecule has 30 heavy (non-hydrogen) atoms. The van der Waals surface area contributed by atoms with Crippen LogP contribution in [0.3, 0.4) is 0 Å². The molecule has 0 saturated carbocycles. The Labute approximate surface area is 171 Å². The van der Waals surface area contributed by atoms with Crippen molar-refractivity contribution in [1.82, 2.24) is 24.4 Å². The van der Waals surface area contributed by atoms with Crippen LogP contribution in [-0.4, -0.2) is 25.0 Å². The van der Waals surface area contributed by atoms with Gasteiger partial charge < -0.3 is 14.9 Å². The number of fused-ring (bicyclic) bond motifs is 1. The molecule has 0 bridgehead atoms. The molecule has 0 aliphatic heterocycles. The van der Waals surface area contributed by atoms with Crippen LogP contribution < -0.4 is 16.6 Å². The fourth-order valence-electron chi connectivity index (χ4n) is 3.45. The molecule has 2 N–H and O–H groups in total. The lowest BCUT2D eigenvalue weighted by Gasteiger charge is -2.19. The molecule has 152 valence electrons. The fourth-order valence-corrected chi connectivity index (χ4v) is 3.45. The number of nitrogens with one attached hydrogen (secondary N) is 2. The van der Waals surface area contributed by atoms with Crippen molar-refractivity contribution in [2.75, 3.05) is 0 Å². The first-order valence-corrected chi connectivity index (χ1v) is 9.58. The number of amides is 1. The van der Waals surface area contributed by atoms with E-state index < -0.39 is 17.3 Å². The lowest BCUT2D eigenvalue weighted by atomic mass is 10.1. The van der Waals surface area contributed by atoms with Gasteiger partial charge in [-0.1, -0.05) is 42.5 Å². The van der Waals surface area contributed by atoms with Crippen molar-refractivity contribution in [3.63, 3.8) is 0 Å². The number of hydrogen-bond donors (Lipinski definition) is 2. The Balaban J connectivity index is 1.55. The van der Waals surface area contributed by atoms with E-state index >= 15 is 0 Å². The summed E-state index contributed by atoms with van der Waals surface area (Å²) in [7, 11) is 1.86. The van der Waals surface area contributed by atoms with Crippen LogP contribution in [0.2, 0.25) is 0 Å². The Hall–Kier alpha value is -3.94. The molecule has 0 aliphatic carbocycles. The minimum Gasteiger partial charge on any atom is -0.342 e. The van der Waals surface area contributed by atoms with Crippen LogP contribution in [0, 0.1) is 0 Å². The molecule has 4 aromatic rings. The number of nitrogens with zero attached hydrogens (tertiary/aromatic N) is 3. The smallest absolute Gasteiger partial charge is 0.328 e. The summed E-state index contributed by atoms with van der Waals surface area (Å²) in [5.74, 6) is 0.404. The fraction of sp³-hybridized carbons (Fsp3) is 0.182. The lowest BCUT2D eigenvalue weighted by molar-refractivity contribution is -0.121. The molecule has 0 radical (unpaired) electrons. The molecule has 2 heterocycles. The van der Waals surface area contributed by atoms with Gasteiger partial charge in [-0.2, -0.15) is 0 Å². The van der Waals surface area contributed by atoms with Gasteiger partial charge in [-0.05, 0) is 17.7 Å². The molecule has 4 rings (SSSR count). The number of hydrogen-bond acceptors (Lipinski definition) is 4. The Morgan fingerprint density at radius 1 is 1.10 bits per heavy atom. The van der Waals surface area contributed by atoms with E-state index in [2.05, 4.69) is 15.3 Å². The van der Waals surface area contributed by atoms with Crippen molar-refractivity contribution in [2.45, 2.75) is 19.0 Å². The van der Waals surface area contributed by atoms with E-state index in [1.165, 1.54) is 0 Å². The molecular weight excluding hydrogens is 382 g/mol. The van der Waals surface area contributed by atoms with Crippen LogP contribution in [0.1, 0.15) is 23.9 Å². The number of carbonyl (C=O) groups is 1. The van der Waals surface area contributed by atoms with Crippen molar-refractivity contribution < 1.29 is 4.79 Å². The van der Waals surface area contributed by atoms with Crippen LogP contribution in [0.5, 0.6) is 0 Å². The number of imidazole rings is 1. The average Bonchev–Trinajstić information content (AvgIpc) is 3.18. The third kappa shape index (κ3) is 3.80. The highest BCUT2D eigenvalue weighted by atomic mass is 16.2. The zero-order valence-corrected chi connectivity index (χ0v) is 16.4. The monoisotopic (exact) mass is 403 g/mol. The first-order valence-electron chi connectivity index (χ1n) is 9.58. The summed E-state index contributed by atoms with van der Waals surface area (Å²) in [4.78, 5) is 44.7. The number of rotatable bonds is 6. The predicted octanol–water partition coefficient (Wildman–Crippen LogP) is 1.72. The molecule has 0 spiro atoms. The van der Waals surface area contributed by atoms with E-state index in [-0.39, 0.29) is 18.9 Å². The maximum absolute atomic E-state index is 12.7. The quantitative estimate of drug-likeness (QED) is 0.512. The van der Waals surface area contributed by atoms with E-state index in [0.29, 0.717) is 16.7 Å². The molecule has 1 unspecified atom stereocenters. The van der Waals surface area contributed by atoms with Gasteiger partial charge in [0.2, 0.25) is 5.91 Å². The SMILES string of the molecule is Cn1ccnc1C(NC(=O)CCn1c(=O)[nH]c2ccccc2c1=O)c1ccccc1. The number of aromatic nitrogens is 4. The van der Waals surface area contributed by atoms with Gasteiger partial charge in [0, 0.05) is 32.4 Å². The molecular formula is C22H21N5O3. The topological polar surface area (TPSA) is 102 Å². The van der Waals surface area contributed by atoms with Crippen LogP contribution in [0.25, 0.3) is 10.9 Å². The summed E-state index contributed by atoms with van der Waals surface area (Å²) in [6.45, 7) is -0.0209. The lowest BCUT2D eigenvalue weighted by Crippen LogP contribution is -2.37. The Kier molecular flexibility index (Phi) is 5.30. The molecule has 0 aliphatic rings. The van der Waals surface area contributed by atoms with Gasteiger partial charge >= 0.3 is 5.69 Å². The third-order valence-corrected chi connectivity index (χ3v) is 5.01. The summed E-state index contributed by atoms with van der Waals surface area (Å²) in [5, 5.41) is 3.38. The normalized spacial score (nSPS) is 12.0. The van der Waals surface area contributed by atoms with Gasteiger partial charge in [0.25, 0.3) is 5.56 Å². The minimum absolute atomic E-state index is 0.0188. The molecule has 2 aromatic carbocycles. The van der Waals surface area contributed by atoms with Crippen molar-refractivity contribution in [1.29, 1.82) is 0 Å². The van der Waals surface area contributed by atoms with Crippen molar-refractivity contribution in [3.8, 4) is 0 Å². The maximum atomic E-state index is 12.7. The zero-order chi connectivity index (χ0) is 21.1.